The molecule has 104 valence electrons. The Morgan fingerprint density at radius 2 is 2.26 bits per heavy atom. The maximum absolute atomic E-state index is 11.4. The van der Waals surface area contributed by atoms with Crippen LogP contribution < -0.4 is 0 Å². The molecule has 0 radical (unpaired) electrons. The Morgan fingerprint density at radius 3 is 2.95 bits per heavy atom. The van der Waals surface area contributed by atoms with E-state index in [1.54, 1.807) is 6.92 Å². The van der Waals surface area contributed by atoms with Crippen LogP contribution in [0.2, 0.25) is 0 Å². The molecule has 6 heteroatoms. The first-order chi connectivity index (χ1) is 9.15. The molecule has 2 aliphatic rings. The lowest BCUT2D eigenvalue weighted by molar-refractivity contribution is -0.143. The van der Waals surface area contributed by atoms with Crippen molar-refractivity contribution in [2.24, 2.45) is 5.92 Å². The highest BCUT2D eigenvalue weighted by molar-refractivity contribution is 5.74. The van der Waals surface area contributed by atoms with Gasteiger partial charge in [-0.05, 0) is 25.2 Å². The number of aliphatic carboxylic acids is 1. The average Bonchev–Trinajstić information content (AvgIpc) is 2.95. The molecule has 3 unspecified atom stereocenters. The van der Waals surface area contributed by atoms with Gasteiger partial charge < -0.3 is 9.63 Å². The van der Waals surface area contributed by atoms with E-state index in [0.29, 0.717) is 30.2 Å². The highest BCUT2D eigenvalue weighted by Gasteiger charge is 2.45. The van der Waals surface area contributed by atoms with E-state index in [9.17, 15) is 9.90 Å². The van der Waals surface area contributed by atoms with Crippen molar-refractivity contribution in [1.29, 1.82) is 0 Å². The van der Waals surface area contributed by atoms with E-state index >= 15 is 0 Å². The fourth-order valence-electron chi connectivity index (χ4n) is 3.59. The Hall–Kier alpha value is -1.43. The number of carboxylic acid groups (broad SMARTS) is 1. The van der Waals surface area contributed by atoms with Crippen LogP contribution in [0.5, 0.6) is 0 Å². The molecule has 0 spiro atoms. The zero-order chi connectivity index (χ0) is 13.4. The predicted octanol–water partition coefficient (Wildman–Crippen LogP) is 1.60. The number of carbonyl (C=O) groups is 1. The third-order valence-electron chi connectivity index (χ3n) is 4.40. The molecule has 1 saturated carbocycles. The summed E-state index contributed by atoms with van der Waals surface area (Å²) in [5.74, 6) is 0.911. The zero-order valence-electron chi connectivity index (χ0n) is 11.1. The Balaban J connectivity index is 1.80. The molecule has 0 amide bonds. The number of rotatable bonds is 3. The van der Waals surface area contributed by atoms with Crippen LogP contribution in [0.4, 0.5) is 0 Å². The zero-order valence-corrected chi connectivity index (χ0v) is 11.1. The number of aromatic nitrogens is 2. The van der Waals surface area contributed by atoms with Gasteiger partial charge in [-0.15, -0.1) is 0 Å². The van der Waals surface area contributed by atoms with E-state index < -0.39 is 12.0 Å². The van der Waals surface area contributed by atoms with Crippen molar-refractivity contribution < 1.29 is 14.4 Å². The minimum Gasteiger partial charge on any atom is -0.480 e. The molecule has 3 rings (SSSR count). The SMILES string of the molecule is Cc1nc(CN2C(C(=O)O)CC3CCCCC32)no1. The Morgan fingerprint density at radius 1 is 1.47 bits per heavy atom. The molecule has 2 heterocycles. The van der Waals surface area contributed by atoms with Crippen LogP contribution in [0.25, 0.3) is 0 Å². The van der Waals surface area contributed by atoms with Gasteiger partial charge in [0.2, 0.25) is 5.89 Å². The molecule has 1 aromatic rings. The lowest BCUT2D eigenvalue weighted by atomic mass is 9.85. The Labute approximate surface area is 111 Å². The summed E-state index contributed by atoms with van der Waals surface area (Å²) in [5, 5.41) is 13.3. The quantitative estimate of drug-likeness (QED) is 0.894. The molecule has 1 aromatic heterocycles. The molecule has 6 nitrogen and oxygen atoms in total. The summed E-state index contributed by atoms with van der Waals surface area (Å²) < 4.78 is 4.97. The Bertz CT molecular complexity index is 473. The van der Waals surface area contributed by atoms with E-state index in [1.165, 1.54) is 12.8 Å². The number of fused-ring (bicyclic) bond motifs is 1. The van der Waals surface area contributed by atoms with Crippen molar-refractivity contribution in [3.8, 4) is 0 Å². The van der Waals surface area contributed by atoms with Crippen LogP contribution in [0, 0.1) is 12.8 Å². The van der Waals surface area contributed by atoms with Crippen molar-refractivity contribution in [3.63, 3.8) is 0 Å². The molecule has 0 bridgehead atoms. The summed E-state index contributed by atoms with van der Waals surface area (Å²) in [6, 6.07) is -0.0273. The van der Waals surface area contributed by atoms with Gasteiger partial charge >= 0.3 is 5.97 Å². The molecule has 3 atom stereocenters. The van der Waals surface area contributed by atoms with Gasteiger partial charge in [0.05, 0.1) is 6.54 Å². The minimum absolute atomic E-state index is 0.369. The van der Waals surface area contributed by atoms with E-state index in [4.69, 9.17) is 4.52 Å². The van der Waals surface area contributed by atoms with E-state index in [2.05, 4.69) is 15.0 Å². The summed E-state index contributed by atoms with van der Waals surface area (Å²) in [4.78, 5) is 17.7. The van der Waals surface area contributed by atoms with Crippen molar-refractivity contribution in [3.05, 3.63) is 11.7 Å². The van der Waals surface area contributed by atoms with Gasteiger partial charge in [-0.1, -0.05) is 18.0 Å². The van der Waals surface area contributed by atoms with Crippen LogP contribution in [-0.4, -0.2) is 38.2 Å². The van der Waals surface area contributed by atoms with Crippen LogP contribution in [0.15, 0.2) is 4.52 Å². The highest BCUT2D eigenvalue weighted by Crippen LogP contribution is 2.40. The smallest absolute Gasteiger partial charge is 0.320 e. The number of nitrogens with zero attached hydrogens (tertiary/aromatic N) is 3. The predicted molar refractivity (Wildman–Crippen MR) is 66.4 cm³/mol. The number of likely N-dealkylation sites (tertiary alicyclic amines) is 1. The maximum Gasteiger partial charge on any atom is 0.320 e. The van der Waals surface area contributed by atoms with Crippen LogP contribution in [-0.2, 0) is 11.3 Å². The summed E-state index contributed by atoms with van der Waals surface area (Å²) >= 11 is 0. The fraction of sp³-hybridized carbons (Fsp3) is 0.769. The fourth-order valence-corrected chi connectivity index (χ4v) is 3.59. The largest absolute Gasteiger partial charge is 0.480 e. The van der Waals surface area contributed by atoms with Gasteiger partial charge in [0.15, 0.2) is 5.82 Å². The minimum atomic E-state index is -0.727. The van der Waals surface area contributed by atoms with Gasteiger partial charge in [0, 0.05) is 13.0 Å². The number of hydrogen-bond donors (Lipinski definition) is 1. The highest BCUT2D eigenvalue weighted by atomic mass is 16.5. The molecule has 2 fully saturated rings. The van der Waals surface area contributed by atoms with Crippen LogP contribution >= 0.6 is 0 Å². The van der Waals surface area contributed by atoms with Gasteiger partial charge in [-0.2, -0.15) is 4.98 Å². The van der Waals surface area contributed by atoms with Gasteiger partial charge in [0.25, 0.3) is 0 Å². The Kier molecular flexibility index (Phi) is 3.26. The van der Waals surface area contributed by atoms with Crippen LogP contribution in [0.3, 0.4) is 0 Å². The third kappa shape index (κ3) is 2.36. The van der Waals surface area contributed by atoms with Crippen LogP contribution in [0.1, 0.15) is 43.8 Å². The summed E-state index contributed by atoms with van der Waals surface area (Å²) in [7, 11) is 0. The van der Waals surface area contributed by atoms with Crippen molar-refractivity contribution in [2.45, 2.75) is 57.7 Å². The number of hydrogen-bond acceptors (Lipinski definition) is 5. The van der Waals surface area contributed by atoms with Gasteiger partial charge in [-0.25, -0.2) is 0 Å². The average molecular weight is 265 g/mol. The van der Waals surface area contributed by atoms with E-state index in [-0.39, 0.29) is 0 Å². The second-order valence-electron chi connectivity index (χ2n) is 5.60. The monoisotopic (exact) mass is 265 g/mol. The van der Waals surface area contributed by atoms with Gasteiger partial charge in [-0.3, -0.25) is 9.69 Å². The molecular formula is C13H19N3O3. The first kappa shape index (κ1) is 12.6. The molecule has 1 saturated heterocycles. The third-order valence-corrected chi connectivity index (χ3v) is 4.40. The van der Waals surface area contributed by atoms with Gasteiger partial charge in [0.1, 0.15) is 6.04 Å². The number of aryl methyl sites for hydroxylation is 1. The maximum atomic E-state index is 11.4. The topological polar surface area (TPSA) is 79.5 Å². The number of carboxylic acids is 1. The lowest BCUT2D eigenvalue weighted by Gasteiger charge is -2.32. The first-order valence-corrected chi connectivity index (χ1v) is 6.93. The second-order valence-corrected chi connectivity index (χ2v) is 5.60. The van der Waals surface area contributed by atoms with E-state index in [1.807, 2.05) is 0 Å². The summed E-state index contributed by atoms with van der Waals surface area (Å²) in [6.45, 7) is 2.23. The van der Waals surface area contributed by atoms with Crippen molar-refractivity contribution in [2.75, 3.05) is 0 Å². The molecule has 1 aliphatic heterocycles. The molecule has 1 N–H and O–H groups in total. The molecule has 0 aromatic carbocycles. The van der Waals surface area contributed by atoms with Crippen molar-refractivity contribution >= 4 is 5.97 Å². The molecule has 19 heavy (non-hydrogen) atoms. The second kappa shape index (κ2) is 4.92. The molecular weight excluding hydrogens is 246 g/mol. The molecule has 1 aliphatic carbocycles. The summed E-state index contributed by atoms with van der Waals surface area (Å²) in [5.41, 5.74) is 0. The first-order valence-electron chi connectivity index (χ1n) is 6.93. The normalized spacial score (nSPS) is 31.3. The van der Waals surface area contributed by atoms with E-state index in [0.717, 1.165) is 19.3 Å². The van der Waals surface area contributed by atoms with Crippen molar-refractivity contribution in [1.82, 2.24) is 15.0 Å². The summed E-state index contributed by atoms with van der Waals surface area (Å²) in [6.07, 6.45) is 5.41. The standard InChI is InChI=1S/C13H19N3O3/c1-8-14-12(15-19-8)7-16-10-5-3-2-4-9(10)6-11(16)13(17)18/h9-11H,2-7H2,1H3,(H,17,18). The lowest BCUT2D eigenvalue weighted by Crippen LogP contribution is -2.41.